The van der Waals surface area contributed by atoms with Gasteiger partial charge in [-0.3, -0.25) is 0 Å². The Morgan fingerprint density at radius 3 is 2.07 bits per heavy atom. The molecule has 0 amide bonds. The molecule has 266 valence electrons. The van der Waals surface area contributed by atoms with Crippen molar-refractivity contribution in [3.05, 3.63) is 23.3 Å². The molecule has 0 heterocycles. The zero-order valence-corrected chi connectivity index (χ0v) is 35.3. The van der Waals surface area contributed by atoms with Crippen molar-refractivity contribution in [3.63, 3.8) is 0 Å². The van der Waals surface area contributed by atoms with Gasteiger partial charge in [-0.25, -0.2) is 0 Å². The van der Waals surface area contributed by atoms with Gasteiger partial charge in [0.25, 0.3) is 0 Å². The van der Waals surface area contributed by atoms with Gasteiger partial charge in [0.15, 0.2) is 16.6 Å². The quantitative estimate of drug-likeness (QED) is 0.176. The zero-order chi connectivity index (χ0) is 34.9. The molecule has 4 rings (SSSR count). The van der Waals surface area contributed by atoms with E-state index in [0.29, 0.717) is 17.1 Å². The standard InChI is InChI=1S/C39H72O4SSi2/c1-26(44-22-16-20-37(8,9)41)34-32(40)25-31-29-18-17-27-23-28(42-45(12,13)35(2,3)4)24-33(43-46(14,15)36(5,6)7)39(27,11)30(29)19-21-38(31,34)10/h17-18,26,28,30-34,40-41H,16,19-25H2,1-15H3/t26-,28+,30-,31-,32+,33-,34-,38-,39-/m0/s1. The van der Waals surface area contributed by atoms with Gasteiger partial charge in [0, 0.05) is 16.6 Å². The molecule has 0 radical (unpaired) electrons. The van der Waals surface area contributed by atoms with Gasteiger partial charge in [0.05, 0.1) is 23.9 Å². The summed E-state index contributed by atoms with van der Waals surface area (Å²) in [5, 5.41) is 22.6. The molecule has 4 aliphatic rings. The van der Waals surface area contributed by atoms with Gasteiger partial charge >= 0.3 is 0 Å². The molecular weight excluding hydrogens is 621 g/mol. The topological polar surface area (TPSA) is 58.9 Å². The van der Waals surface area contributed by atoms with Gasteiger partial charge in [0.2, 0.25) is 0 Å². The van der Waals surface area contributed by atoms with Gasteiger partial charge in [-0.2, -0.15) is 11.8 Å². The fraction of sp³-hybridized carbons (Fsp3) is 0.897. The summed E-state index contributed by atoms with van der Waals surface area (Å²) in [6.07, 6.45) is 12.1. The molecule has 0 aromatic heterocycles. The van der Waals surface area contributed by atoms with E-state index < -0.39 is 22.2 Å². The highest BCUT2D eigenvalue weighted by Gasteiger charge is 2.62. The molecule has 3 fully saturated rings. The lowest BCUT2D eigenvalue weighted by Crippen LogP contribution is -2.58. The maximum absolute atomic E-state index is 11.7. The fourth-order valence-corrected chi connectivity index (χ4v) is 13.3. The average molecular weight is 693 g/mol. The molecular formula is C39H72O4SSi2. The average Bonchev–Trinajstić information content (AvgIpc) is 3.15. The molecule has 0 spiro atoms. The summed E-state index contributed by atoms with van der Waals surface area (Å²) in [6.45, 7) is 35.0. The Morgan fingerprint density at radius 2 is 1.50 bits per heavy atom. The lowest BCUT2D eigenvalue weighted by molar-refractivity contribution is -0.0438. The number of fused-ring (bicyclic) bond motifs is 5. The highest BCUT2D eigenvalue weighted by Crippen LogP contribution is 2.67. The van der Waals surface area contributed by atoms with Crippen LogP contribution in [0.15, 0.2) is 23.3 Å². The van der Waals surface area contributed by atoms with Crippen molar-refractivity contribution in [2.24, 2.45) is 28.6 Å². The van der Waals surface area contributed by atoms with Gasteiger partial charge in [0.1, 0.15) is 0 Å². The maximum atomic E-state index is 11.7. The molecule has 4 aliphatic carbocycles. The lowest BCUT2D eigenvalue weighted by atomic mass is 9.49. The van der Waals surface area contributed by atoms with E-state index in [1.807, 2.05) is 25.6 Å². The van der Waals surface area contributed by atoms with Crippen molar-refractivity contribution in [3.8, 4) is 0 Å². The van der Waals surface area contributed by atoms with Gasteiger partial charge in [-0.05, 0) is 118 Å². The van der Waals surface area contributed by atoms with Gasteiger partial charge < -0.3 is 19.1 Å². The summed E-state index contributed by atoms with van der Waals surface area (Å²) in [7, 11) is -3.99. The number of hydrogen-bond donors (Lipinski definition) is 2. The first-order chi connectivity index (χ1) is 20.7. The maximum Gasteiger partial charge on any atom is 0.192 e. The van der Waals surface area contributed by atoms with Crippen molar-refractivity contribution in [2.75, 3.05) is 5.75 Å². The van der Waals surface area contributed by atoms with Crippen molar-refractivity contribution < 1.29 is 19.1 Å². The normalized spacial score (nSPS) is 36.4. The van der Waals surface area contributed by atoms with Crippen LogP contribution < -0.4 is 0 Å². The second-order valence-electron chi connectivity index (χ2n) is 19.9. The second kappa shape index (κ2) is 13.0. The Kier molecular flexibility index (Phi) is 11.0. The highest BCUT2D eigenvalue weighted by molar-refractivity contribution is 7.99. The van der Waals surface area contributed by atoms with Crippen molar-refractivity contribution in [2.45, 2.75) is 187 Å². The molecule has 0 saturated heterocycles. The Labute approximate surface area is 290 Å². The number of aliphatic hydroxyl groups excluding tert-OH is 1. The Bertz CT molecular complexity index is 1160. The predicted octanol–water partition coefficient (Wildman–Crippen LogP) is 10.5. The van der Waals surface area contributed by atoms with Crippen molar-refractivity contribution in [1.29, 1.82) is 0 Å². The number of rotatable bonds is 10. The molecule has 0 unspecified atom stereocenters. The van der Waals surface area contributed by atoms with E-state index in [1.165, 1.54) is 5.57 Å². The van der Waals surface area contributed by atoms with E-state index in [4.69, 9.17) is 8.85 Å². The summed E-state index contributed by atoms with van der Waals surface area (Å²) in [5.41, 5.74) is 2.58. The Hall–Kier alpha value is 0.104. The summed E-state index contributed by atoms with van der Waals surface area (Å²) < 4.78 is 14.7. The van der Waals surface area contributed by atoms with E-state index in [9.17, 15) is 10.2 Å². The molecule has 0 bridgehead atoms. The Balaban J connectivity index is 1.65. The summed E-state index contributed by atoms with van der Waals surface area (Å²) in [5.74, 6) is 2.19. The minimum absolute atomic E-state index is 0.0469. The first kappa shape index (κ1) is 38.9. The first-order valence-corrected chi connectivity index (χ1v) is 25.4. The largest absolute Gasteiger partial charge is 0.414 e. The molecule has 0 aliphatic heterocycles. The van der Waals surface area contributed by atoms with Crippen LogP contribution >= 0.6 is 11.8 Å². The summed E-state index contributed by atoms with van der Waals surface area (Å²) in [6, 6.07) is 0. The predicted molar refractivity (Wildman–Crippen MR) is 204 cm³/mol. The first-order valence-electron chi connectivity index (χ1n) is 18.5. The van der Waals surface area contributed by atoms with Crippen LogP contribution in [0.4, 0.5) is 0 Å². The number of aliphatic hydroxyl groups is 2. The smallest absolute Gasteiger partial charge is 0.192 e. The molecule has 46 heavy (non-hydrogen) atoms. The highest BCUT2D eigenvalue weighted by atomic mass is 32.2. The molecule has 3 saturated carbocycles. The van der Waals surface area contributed by atoms with Crippen LogP contribution in [0.5, 0.6) is 0 Å². The van der Waals surface area contributed by atoms with E-state index in [2.05, 4.69) is 101 Å². The van der Waals surface area contributed by atoms with Gasteiger partial charge in [-0.15, -0.1) is 0 Å². The van der Waals surface area contributed by atoms with Crippen molar-refractivity contribution in [1.82, 2.24) is 0 Å². The third kappa shape index (κ3) is 7.42. The second-order valence-corrected chi connectivity index (χ2v) is 30.9. The molecule has 0 aromatic carbocycles. The molecule has 4 nitrogen and oxygen atoms in total. The lowest BCUT2D eigenvalue weighted by Gasteiger charge is -2.59. The third-order valence-electron chi connectivity index (χ3n) is 14.0. The van der Waals surface area contributed by atoms with Crippen LogP contribution in [0, 0.1) is 28.6 Å². The minimum Gasteiger partial charge on any atom is -0.414 e. The Morgan fingerprint density at radius 1 is 0.913 bits per heavy atom. The fourth-order valence-electron chi connectivity index (χ4n) is 9.17. The van der Waals surface area contributed by atoms with Crippen LogP contribution in [0.3, 0.4) is 0 Å². The summed E-state index contributed by atoms with van der Waals surface area (Å²) >= 11 is 2.01. The van der Waals surface area contributed by atoms with Crippen LogP contribution in [0.2, 0.25) is 36.3 Å². The van der Waals surface area contributed by atoms with E-state index in [-0.39, 0.29) is 45.1 Å². The van der Waals surface area contributed by atoms with E-state index in [1.54, 1.807) is 5.57 Å². The molecule has 9 atom stereocenters. The number of hydrogen-bond acceptors (Lipinski definition) is 5. The molecule has 2 N–H and O–H groups in total. The van der Waals surface area contributed by atoms with Crippen LogP contribution in [-0.2, 0) is 8.85 Å². The van der Waals surface area contributed by atoms with Crippen molar-refractivity contribution >= 4 is 28.4 Å². The number of thioether (sulfide) groups is 1. The van der Waals surface area contributed by atoms with Crippen LogP contribution in [0.25, 0.3) is 0 Å². The molecule has 7 heteroatoms. The third-order valence-corrected chi connectivity index (χ3v) is 24.4. The van der Waals surface area contributed by atoms with Crippen LogP contribution in [0.1, 0.15) is 121 Å². The zero-order valence-electron chi connectivity index (χ0n) is 32.5. The number of allylic oxidation sites excluding steroid dienone is 3. The molecule has 0 aromatic rings. The monoisotopic (exact) mass is 692 g/mol. The SMILES string of the molecule is C[C@H](SCCCC(C)(C)O)[C@H]1[C@H](O)C[C@H]2C3=CC=C4C[C@@H](O[Si](C)(C)C(C)(C)C)C[C@H](O[Si](C)(C)C(C)(C)C)[C@]4(C)[C@H]3CC[C@]12C. The minimum atomic E-state index is -2.05. The van der Waals surface area contributed by atoms with Crippen LogP contribution in [-0.4, -0.2) is 61.8 Å². The summed E-state index contributed by atoms with van der Waals surface area (Å²) in [4.78, 5) is 0. The van der Waals surface area contributed by atoms with E-state index >= 15 is 0 Å². The van der Waals surface area contributed by atoms with Gasteiger partial charge in [-0.1, -0.05) is 85.6 Å². The van der Waals surface area contributed by atoms with E-state index in [0.717, 1.165) is 50.7 Å².